The molecule has 166 valence electrons. The zero-order chi connectivity index (χ0) is 22.3. The maximum Gasteiger partial charge on any atom is 0.251 e. The average Bonchev–Trinajstić information content (AvgIpc) is 3.01. The predicted octanol–water partition coefficient (Wildman–Crippen LogP) is 3.02. The van der Waals surface area contributed by atoms with E-state index in [0.717, 1.165) is 16.8 Å². The smallest absolute Gasteiger partial charge is 0.251 e. The highest BCUT2D eigenvalue weighted by Gasteiger charge is 2.46. The van der Waals surface area contributed by atoms with Gasteiger partial charge in [-0.15, -0.1) is 0 Å². The van der Waals surface area contributed by atoms with Crippen LogP contribution in [0.1, 0.15) is 52.4 Å². The highest BCUT2D eigenvalue weighted by Crippen LogP contribution is 2.45. The van der Waals surface area contributed by atoms with Crippen LogP contribution in [0.2, 0.25) is 0 Å². The summed E-state index contributed by atoms with van der Waals surface area (Å²) < 4.78 is 21.7. The largest absolute Gasteiger partial charge is 0.378 e. The lowest BCUT2D eigenvalue weighted by molar-refractivity contribution is -0.119. The molecule has 2 aliphatic rings. The molecule has 1 saturated carbocycles. The third-order valence-corrected chi connectivity index (χ3v) is 6.62. The number of carbonyl (C=O) groups excluding carboxylic acids is 2. The van der Waals surface area contributed by atoms with Crippen molar-refractivity contribution in [2.75, 3.05) is 12.4 Å². The topological polar surface area (TPSA) is 85.2 Å². The number of benzene rings is 1. The molecule has 1 aromatic heterocycles. The number of anilines is 1. The Labute approximate surface area is 181 Å². The van der Waals surface area contributed by atoms with E-state index < -0.39 is 18.3 Å². The molecule has 1 aromatic carbocycles. The van der Waals surface area contributed by atoms with Crippen LogP contribution in [-0.4, -0.2) is 47.0 Å². The lowest BCUT2D eigenvalue weighted by Gasteiger charge is -2.41. The highest BCUT2D eigenvalue weighted by molar-refractivity contribution is 6.03. The molecule has 7 nitrogen and oxygen atoms in total. The van der Waals surface area contributed by atoms with Crippen molar-refractivity contribution in [2.24, 2.45) is 13.0 Å². The summed E-state index contributed by atoms with van der Waals surface area (Å²) in [6.07, 6.45) is 0.0293. The van der Waals surface area contributed by atoms with E-state index in [-0.39, 0.29) is 30.1 Å². The number of hydrogen-bond donors (Lipinski definition) is 2. The number of amides is 2. The van der Waals surface area contributed by atoms with E-state index in [1.807, 2.05) is 26.0 Å². The number of halogens is 1. The fourth-order valence-corrected chi connectivity index (χ4v) is 5.13. The van der Waals surface area contributed by atoms with Crippen LogP contribution in [0.25, 0.3) is 0 Å². The van der Waals surface area contributed by atoms with Crippen molar-refractivity contribution in [1.29, 1.82) is 0 Å². The van der Waals surface area contributed by atoms with E-state index in [4.69, 9.17) is 4.74 Å². The highest BCUT2D eigenvalue weighted by atomic mass is 19.1. The summed E-state index contributed by atoms with van der Waals surface area (Å²) >= 11 is 0. The fraction of sp³-hybridized carbons (Fsp3) is 0.522. The first kappa shape index (κ1) is 21.5. The molecule has 5 atom stereocenters. The monoisotopic (exact) mass is 428 g/mol. The summed E-state index contributed by atoms with van der Waals surface area (Å²) in [5, 5.41) is 10.3. The Morgan fingerprint density at radius 3 is 2.77 bits per heavy atom. The van der Waals surface area contributed by atoms with Gasteiger partial charge in [0.2, 0.25) is 5.91 Å². The second kappa shape index (κ2) is 8.42. The summed E-state index contributed by atoms with van der Waals surface area (Å²) in [5.74, 6) is -0.469. The van der Waals surface area contributed by atoms with Gasteiger partial charge in [-0.3, -0.25) is 14.3 Å². The van der Waals surface area contributed by atoms with Crippen molar-refractivity contribution < 1.29 is 18.7 Å². The lowest BCUT2D eigenvalue weighted by Crippen LogP contribution is -2.53. The Bertz CT molecular complexity index is 1000. The van der Waals surface area contributed by atoms with Gasteiger partial charge in [-0.05, 0) is 51.2 Å². The number of carbonyl (C=O) groups is 2. The molecule has 2 N–H and O–H groups in total. The number of rotatable bonds is 4. The summed E-state index contributed by atoms with van der Waals surface area (Å²) in [7, 11) is 3.30. The van der Waals surface area contributed by atoms with Crippen molar-refractivity contribution in [3.05, 3.63) is 46.6 Å². The first-order valence-electron chi connectivity index (χ1n) is 10.7. The number of hydrogen-bond acceptors (Lipinski definition) is 4. The number of aromatic nitrogens is 2. The van der Waals surface area contributed by atoms with Crippen LogP contribution in [-0.2, 0) is 16.6 Å². The van der Waals surface area contributed by atoms with Gasteiger partial charge in [0, 0.05) is 31.2 Å². The minimum atomic E-state index is -1.11. The van der Waals surface area contributed by atoms with Crippen LogP contribution in [0.15, 0.2) is 24.3 Å². The molecule has 0 spiro atoms. The van der Waals surface area contributed by atoms with Crippen LogP contribution in [0.3, 0.4) is 0 Å². The number of alkyl halides is 1. The molecule has 1 fully saturated rings. The molecule has 2 unspecified atom stereocenters. The van der Waals surface area contributed by atoms with Crippen LogP contribution in [0.5, 0.6) is 0 Å². The molecule has 2 amide bonds. The third-order valence-electron chi connectivity index (χ3n) is 6.62. The molecule has 2 aromatic rings. The van der Waals surface area contributed by atoms with Gasteiger partial charge in [0.05, 0.1) is 11.8 Å². The molecule has 31 heavy (non-hydrogen) atoms. The molecule has 2 heterocycles. The van der Waals surface area contributed by atoms with Gasteiger partial charge in [0.1, 0.15) is 18.0 Å². The first-order valence-corrected chi connectivity index (χ1v) is 10.7. The Hall–Kier alpha value is -2.74. The predicted molar refractivity (Wildman–Crippen MR) is 115 cm³/mol. The molecular weight excluding hydrogens is 399 g/mol. The van der Waals surface area contributed by atoms with E-state index in [0.29, 0.717) is 24.2 Å². The minimum Gasteiger partial charge on any atom is -0.378 e. The molecular formula is C23H29FN4O3. The summed E-state index contributed by atoms with van der Waals surface area (Å²) in [5.41, 5.74) is 3.11. The van der Waals surface area contributed by atoms with Gasteiger partial charge < -0.3 is 15.4 Å². The van der Waals surface area contributed by atoms with Crippen molar-refractivity contribution in [1.82, 2.24) is 15.1 Å². The number of nitrogens with zero attached hydrogens (tertiary/aromatic N) is 2. The van der Waals surface area contributed by atoms with E-state index in [9.17, 15) is 14.0 Å². The molecule has 1 aliphatic heterocycles. The average molecular weight is 429 g/mol. The molecule has 4 rings (SSSR count). The van der Waals surface area contributed by atoms with Crippen molar-refractivity contribution >= 4 is 17.6 Å². The third kappa shape index (κ3) is 3.96. The number of aryl methyl sites for hydroxylation is 3. The van der Waals surface area contributed by atoms with E-state index in [1.165, 1.54) is 7.11 Å². The van der Waals surface area contributed by atoms with Gasteiger partial charge in [0.25, 0.3) is 5.91 Å². The Morgan fingerprint density at radius 2 is 2.10 bits per heavy atom. The van der Waals surface area contributed by atoms with E-state index in [2.05, 4.69) is 15.7 Å². The minimum absolute atomic E-state index is 0.114. The quantitative estimate of drug-likeness (QED) is 0.784. The lowest BCUT2D eigenvalue weighted by atomic mass is 9.70. The van der Waals surface area contributed by atoms with Crippen LogP contribution < -0.4 is 10.6 Å². The van der Waals surface area contributed by atoms with E-state index in [1.54, 1.807) is 23.9 Å². The Kier molecular flexibility index (Phi) is 5.83. The van der Waals surface area contributed by atoms with Gasteiger partial charge in [-0.1, -0.05) is 17.7 Å². The number of methoxy groups -OCH3 is 1. The van der Waals surface area contributed by atoms with Crippen LogP contribution in [0, 0.1) is 19.8 Å². The second-order valence-corrected chi connectivity index (χ2v) is 8.67. The maximum atomic E-state index is 14.8. The molecule has 0 bridgehead atoms. The SMILES string of the molecule is COC1CC[C@@H]([C@@H]2c3c(C)nn(C)c3NC(=O)[C@H]2NC(=O)c2cccc(C)c2)CC1F. The molecule has 0 saturated heterocycles. The standard InChI is InChI=1S/C23H29FN4O3/c1-12-6-5-7-15(10-12)22(29)25-20-19(14-8-9-17(31-4)16(24)11-14)18-13(2)27-28(3)21(18)26-23(20)30/h5-7,10,14,16-17,19-20H,8-9,11H2,1-4H3,(H,25,29)(H,26,30)/t14-,16?,17?,19-,20+/m1/s1. The van der Waals surface area contributed by atoms with Gasteiger partial charge >= 0.3 is 0 Å². The Morgan fingerprint density at radius 1 is 1.32 bits per heavy atom. The van der Waals surface area contributed by atoms with Gasteiger partial charge in [0.15, 0.2) is 0 Å². The maximum absolute atomic E-state index is 14.8. The van der Waals surface area contributed by atoms with Crippen molar-refractivity contribution in [2.45, 2.75) is 57.3 Å². The number of fused-ring (bicyclic) bond motifs is 1. The van der Waals surface area contributed by atoms with Crippen LogP contribution in [0.4, 0.5) is 10.2 Å². The van der Waals surface area contributed by atoms with Gasteiger partial charge in [-0.2, -0.15) is 5.10 Å². The van der Waals surface area contributed by atoms with Crippen molar-refractivity contribution in [3.8, 4) is 0 Å². The zero-order valence-corrected chi connectivity index (χ0v) is 18.3. The number of nitrogens with one attached hydrogen (secondary N) is 2. The summed E-state index contributed by atoms with van der Waals surface area (Å²) in [6, 6.07) is 6.42. The van der Waals surface area contributed by atoms with Crippen molar-refractivity contribution in [3.63, 3.8) is 0 Å². The normalized spacial score (nSPS) is 28.0. The summed E-state index contributed by atoms with van der Waals surface area (Å²) in [4.78, 5) is 26.1. The molecule has 8 heteroatoms. The molecule has 1 aliphatic carbocycles. The fourth-order valence-electron chi connectivity index (χ4n) is 5.13. The van der Waals surface area contributed by atoms with Gasteiger partial charge in [-0.25, -0.2) is 4.39 Å². The molecule has 0 radical (unpaired) electrons. The zero-order valence-electron chi connectivity index (χ0n) is 18.3. The van der Waals surface area contributed by atoms with Crippen LogP contribution >= 0.6 is 0 Å². The number of ether oxygens (including phenoxy) is 1. The van der Waals surface area contributed by atoms with E-state index >= 15 is 0 Å². The second-order valence-electron chi connectivity index (χ2n) is 8.67. The summed E-state index contributed by atoms with van der Waals surface area (Å²) in [6.45, 7) is 3.80. The Balaban J connectivity index is 1.69. The first-order chi connectivity index (χ1) is 14.8.